The highest BCUT2D eigenvalue weighted by Gasteiger charge is 2.21. The maximum Gasteiger partial charge on any atom is 0.354 e. The van der Waals surface area contributed by atoms with E-state index in [-0.39, 0.29) is 77.2 Å². The van der Waals surface area contributed by atoms with Gasteiger partial charge in [0.1, 0.15) is 18.9 Å². The summed E-state index contributed by atoms with van der Waals surface area (Å²) in [5.41, 5.74) is 10.2. The lowest BCUT2D eigenvalue weighted by molar-refractivity contribution is -0.129. The van der Waals surface area contributed by atoms with Crippen molar-refractivity contribution in [2.75, 3.05) is 13.1 Å². The number of phenolic OH excluding ortho intramolecular Hbond substituents is 2. The van der Waals surface area contributed by atoms with Gasteiger partial charge in [-0.1, -0.05) is 71.0 Å². The van der Waals surface area contributed by atoms with Crippen LogP contribution in [0.25, 0.3) is 0 Å². The Morgan fingerprint density at radius 2 is 0.940 bits per heavy atom. The van der Waals surface area contributed by atoms with Crippen LogP contribution >= 0.6 is 95.6 Å². The second-order valence-corrected chi connectivity index (χ2v) is 19.8. The molecule has 0 aliphatic rings. The molecule has 0 spiro atoms. The van der Waals surface area contributed by atoms with E-state index in [2.05, 4.69) is 111 Å². The number of benzene rings is 6. The Bertz CT molecular complexity index is 2750. The van der Waals surface area contributed by atoms with E-state index in [1.807, 2.05) is 72.8 Å². The van der Waals surface area contributed by atoms with Crippen molar-refractivity contribution in [3.63, 3.8) is 0 Å². The molecule has 0 atom stereocenters. The first-order chi connectivity index (χ1) is 32.2. The summed E-state index contributed by atoms with van der Waals surface area (Å²) in [4.78, 5) is 37.0. The van der Waals surface area contributed by atoms with Crippen LogP contribution in [0.15, 0.2) is 146 Å². The lowest BCUT2D eigenvalue weighted by Crippen LogP contribution is -2.34. The number of aliphatic carboxylic acids is 1. The number of amides is 1. The number of carboxylic acid groups (broad SMARTS) is 1. The normalized spacial score (nSPS) is 11.6. The first-order valence-corrected chi connectivity index (χ1v) is 25.0. The third-order valence-corrected chi connectivity index (χ3v) is 13.2. The van der Waals surface area contributed by atoms with Crippen molar-refractivity contribution in [3.8, 4) is 34.5 Å². The quantitative estimate of drug-likeness (QED) is 0.0342. The predicted molar refractivity (Wildman–Crippen MR) is 277 cm³/mol. The van der Waals surface area contributed by atoms with E-state index in [1.165, 1.54) is 6.07 Å². The molecule has 6 aromatic carbocycles. The van der Waals surface area contributed by atoms with Gasteiger partial charge in [-0.15, -0.1) is 0 Å². The SMILES string of the molecule is NCCc1cc(Br)c(Oc2cc(CCNC(=O)/C(Cc3cc(Br)c(Oc4cc(C/C(=N\OCc5ccccc5)C(=O)O)cc(Br)c4O)c(Br)c3)=N/OCc3ccccc3)cc(Br)c2O)c(Br)c1. The fourth-order valence-electron chi connectivity index (χ4n) is 6.34. The van der Waals surface area contributed by atoms with Crippen molar-refractivity contribution < 1.29 is 44.1 Å². The molecule has 13 nitrogen and oxygen atoms in total. The summed E-state index contributed by atoms with van der Waals surface area (Å²) in [6, 6.07) is 32.5. The molecule has 0 aromatic heterocycles. The van der Waals surface area contributed by atoms with Crippen LogP contribution in [0.5, 0.6) is 34.5 Å². The molecule has 348 valence electrons. The van der Waals surface area contributed by atoms with Gasteiger partial charge in [-0.3, -0.25) is 4.79 Å². The van der Waals surface area contributed by atoms with E-state index in [9.17, 15) is 24.9 Å². The molecule has 19 heteroatoms. The van der Waals surface area contributed by atoms with Gasteiger partial charge in [0, 0.05) is 19.4 Å². The number of nitrogens with two attached hydrogens (primary N) is 1. The van der Waals surface area contributed by atoms with Crippen molar-refractivity contribution >= 4 is 119 Å². The van der Waals surface area contributed by atoms with Crippen molar-refractivity contribution in [3.05, 3.63) is 169 Å². The second kappa shape index (κ2) is 25.0. The molecule has 0 radical (unpaired) electrons. The van der Waals surface area contributed by atoms with Gasteiger partial charge in [0.15, 0.2) is 40.2 Å². The number of carbonyl (C=O) groups excluding carboxylic acids is 1. The minimum Gasteiger partial charge on any atom is -0.503 e. The highest BCUT2D eigenvalue weighted by atomic mass is 79.9. The van der Waals surface area contributed by atoms with Gasteiger partial charge in [-0.2, -0.15) is 0 Å². The minimum absolute atomic E-state index is 0.0291. The fraction of sp³-hybridized carbons (Fsp3) is 0.167. The lowest BCUT2D eigenvalue weighted by Gasteiger charge is -2.16. The molecule has 0 heterocycles. The van der Waals surface area contributed by atoms with Crippen molar-refractivity contribution in [2.24, 2.45) is 16.0 Å². The Morgan fingerprint density at radius 1 is 0.537 bits per heavy atom. The number of carbonyl (C=O) groups is 2. The molecule has 0 saturated carbocycles. The lowest BCUT2D eigenvalue weighted by atomic mass is 10.1. The van der Waals surface area contributed by atoms with Gasteiger partial charge in [0.2, 0.25) is 0 Å². The third-order valence-electron chi connectivity index (χ3n) is 9.60. The number of phenols is 2. The first kappa shape index (κ1) is 51.6. The van der Waals surface area contributed by atoms with Crippen LogP contribution in [0.3, 0.4) is 0 Å². The van der Waals surface area contributed by atoms with E-state index >= 15 is 0 Å². The maximum atomic E-state index is 13.8. The summed E-state index contributed by atoms with van der Waals surface area (Å²) in [7, 11) is 0. The molecule has 6 N–H and O–H groups in total. The number of nitrogens with zero attached hydrogens (tertiary/aromatic N) is 2. The number of aromatic hydroxyl groups is 2. The Morgan fingerprint density at radius 3 is 1.43 bits per heavy atom. The minimum atomic E-state index is -1.27. The van der Waals surface area contributed by atoms with E-state index in [0.717, 1.165) is 22.3 Å². The highest BCUT2D eigenvalue weighted by molar-refractivity contribution is 9.11. The molecular formula is C48H40Br6N4O9. The summed E-state index contributed by atoms with van der Waals surface area (Å²) in [6.07, 6.45) is 0.963. The summed E-state index contributed by atoms with van der Waals surface area (Å²) < 4.78 is 15.3. The Labute approximate surface area is 436 Å². The van der Waals surface area contributed by atoms with Gasteiger partial charge >= 0.3 is 5.97 Å². The fourth-order valence-corrected chi connectivity index (χ4v) is 10.2. The zero-order valence-electron chi connectivity index (χ0n) is 35.1. The number of halogens is 6. The van der Waals surface area contributed by atoms with Crippen LogP contribution in [0.2, 0.25) is 0 Å². The van der Waals surface area contributed by atoms with Gasteiger partial charge in [0.25, 0.3) is 5.91 Å². The van der Waals surface area contributed by atoms with Crippen LogP contribution in [0, 0.1) is 0 Å². The standard InChI is InChI=1S/C48H40Br6N4O9/c49-33-15-30(23-41(43(33)59)66-45-35(51)16-29(11-13-55)17-36(45)52)12-14-56-47(61)39(57-64-25-27-7-3-1-4-8-27)21-31-19-37(53)46(38(54)20-31)67-42-24-32(18-34(50)44(42)60)22-40(48(62)63)58-65-26-28-9-5-2-6-10-28/h1-10,15-20,23-24,59-60H,11-14,21-22,25-26,55H2,(H,56,61)(H,62,63)/b57-39+,58-40+. The number of rotatable bonds is 21. The summed E-state index contributed by atoms with van der Waals surface area (Å²) in [5, 5.41) is 42.8. The smallest absolute Gasteiger partial charge is 0.354 e. The van der Waals surface area contributed by atoms with Crippen LogP contribution in [0.1, 0.15) is 33.4 Å². The zero-order chi connectivity index (χ0) is 48.0. The molecule has 6 aromatic rings. The topological polar surface area (TPSA) is 195 Å². The van der Waals surface area contributed by atoms with E-state index in [4.69, 9.17) is 24.9 Å². The summed E-state index contributed by atoms with van der Waals surface area (Å²) in [5.74, 6) is -1.05. The summed E-state index contributed by atoms with van der Waals surface area (Å²) in [6.45, 7) is 0.908. The first-order valence-electron chi connectivity index (χ1n) is 20.2. The van der Waals surface area contributed by atoms with E-state index in [0.29, 0.717) is 58.6 Å². The van der Waals surface area contributed by atoms with Crippen molar-refractivity contribution in [2.45, 2.75) is 38.9 Å². The molecule has 0 saturated heterocycles. The largest absolute Gasteiger partial charge is 0.503 e. The molecule has 0 aliphatic heterocycles. The Hall–Kier alpha value is -4.76. The zero-order valence-corrected chi connectivity index (χ0v) is 44.6. The van der Waals surface area contributed by atoms with Gasteiger partial charge in [-0.05, 0) is 197 Å². The maximum absolute atomic E-state index is 13.8. The second-order valence-electron chi connectivity index (χ2n) is 14.6. The number of nitrogens with one attached hydrogen (secondary N) is 1. The molecular weight excluding hydrogens is 1260 g/mol. The number of hydrogen-bond donors (Lipinski definition) is 5. The van der Waals surface area contributed by atoms with Crippen LogP contribution in [-0.2, 0) is 58.2 Å². The Balaban J connectivity index is 1.16. The predicted octanol–water partition coefficient (Wildman–Crippen LogP) is 12.4. The van der Waals surface area contributed by atoms with Crippen molar-refractivity contribution in [1.82, 2.24) is 5.32 Å². The molecule has 6 rings (SSSR count). The van der Waals surface area contributed by atoms with Crippen molar-refractivity contribution in [1.29, 1.82) is 0 Å². The average molecular weight is 1300 g/mol. The number of hydrogen-bond acceptors (Lipinski definition) is 11. The van der Waals surface area contributed by atoms with Crippen LogP contribution in [0.4, 0.5) is 0 Å². The van der Waals surface area contributed by atoms with Gasteiger partial charge in [0.05, 0.1) is 26.8 Å². The summed E-state index contributed by atoms with van der Waals surface area (Å²) >= 11 is 21.1. The van der Waals surface area contributed by atoms with E-state index < -0.39 is 11.9 Å². The highest BCUT2D eigenvalue weighted by Crippen LogP contribution is 2.45. The molecule has 0 fully saturated rings. The number of oxime groups is 2. The van der Waals surface area contributed by atoms with Gasteiger partial charge < -0.3 is 45.5 Å². The van der Waals surface area contributed by atoms with Gasteiger partial charge in [-0.25, -0.2) is 4.79 Å². The number of carboxylic acids is 1. The van der Waals surface area contributed by atoms with Crippen LogP contribution in [-0.4, -0.2) is 51.7 Å². The molecule has 0 unspecified atom stereocenters. The van der Waals surface area contributed by atoms with E-state index in [1.54, 1.807) is 30.3 Å². The molecule has 0 aliphatic carbocycles. The Kier molecular flexibility index (Phi) is 19.3. The molecule has 0 bridgehead atoms. The molecule has 67 heavy (non-hydrogen) atoms. The number of ether oxygens (including phenoxy) is 2. The third kappa shape index (κ3) is 14.9. The monoisotopic (exact) mass is 1290 g/mol. The van der Waals surface area contributed by atoms with Crippen LogP contribution < -0.4 is 20.5 Å². The molecule has 1 amide bonds. The average Bonchev–Trinajstić information content (AvgIpc) is 3.29.